The van der Waals surface area contributed by atoms with Gasteiger partial charge in [-0.05, 0) is 23.3 Å². The summed E-state index contributed by atoms with van der Waals surface area (Å²) < 4.78 is 34.0. The topological polar surface area (TPSA) is 62.9 Å². The van der Waals surface area contributed by atoms with Gasteiger partial charge < -0.3 is 24.7 Å². The lowest BCUT2D eigenvalue weighted by Crippen LogP contribution is -2.11. The Hall–Kier alpha value is -1.05. The molecule has 120 valence electrons. The van der Waals surface area contributed by atoms with E-state index in [9.17, 15) is 4.39 Å². The number of methoxy groups -OCH3 is 1. The van der Waals surface area contributed by atoms with Crippen LogP contribution in [0.15, 0.2) is 18.2 Å². The van der Waals surface area contributed by atoms with E-state index in [-0.39, 0.29) is 5.82 Å². The SMILES string of the molecule is COCCOCCOCCOCc1ccc(F)cc1CN. The van der Waals surface area contributed by atoms with E-state index in [4.69, 9.17) is 24.7 Å². The number of nitrogens with two attached hydrogens (primary N) is 1. The Morgan fingerprint density at radius 3 is 2.14 bits per heavy atom. The van der Waals surface area contributed by atoms with Gasteiger partial charge in [0.25, 0.3) is 0 Å². The molecule has 1 aromatic rings. The maximum atomic E-state index is 13.0. The van der Waals surface area contributed by atoms with Crippen LogP contribution < -0.4 is 5.73 Å². The summed E-state index contributed by atoms with van der Waals surface area (Å²) in [5, 5.41) is 0. The van der Waals surface area contributed by atoms with E-state index in [2.05, 4.69) is 0 Å². The fraction of sp³-hybridized carbons (Fsp3) is 0.600. The molecular formula is C15H24FNO4. The van der Waals surface area contributed by atoms with Crippen LogP contribution >= 0.6 is 0 Å². The zero-order chi connectivity index (χ0) is 15.3. The number of rotatable bonds is 12. The first-order valence-corrected chi connectivity index (χ1v) is 6.97. The molecule has 0 aliphatic rings. The summed E-state index contributed by atoms with van der Waals surface area (Å²) in [5.74, 6) is -0.281. The lowest BCUT2D eigenvalue weighted by atomic mass is 10.1. The molecule has 1 rings (SSSR count). The van der Waals surface area contributed by atoms with E-state index >= 15 is 0 Å². The highest BCUT2D eigenvalue weighted by Crippen LogP contribution is 2.11. The van der Waals surface area contributed by atoms with Gasteiger partial charge >= 0.3 is 0 Å². The van der Waals surface area contributed by atoms with Crippen molar-refractivity contribution in [3.8, 4) is 0 Å². The van der Waals surface area contributed by atoms with Gasteiger partial charge in [0.05, 0.1) is 46.2 Å². The molecule has 0 aromatic heterocycles. The molecule has 0 unspecified atom stereocenters. The zero-order valence-electron chi connectivity index (χ0n) is 12.5. The van der Waals surface area contributed by atoms with Gasteiger partial charge in [-0.2, -0.15) is 0 Å². The van der Waals surface area contributed by atoms with Crippen LogP contribution in [0.4, 0.5) is 4.39 Å². The van der Waals surface area contributed by atoms with Crippen LogP contribution in [0.1, 0.15) is 11.1 Å². The maximum Gasteiger partial charge on any atom is 0.123 e. The highest BCUT2D eigenvalue weighted by molar-refractivity contribution is 5.27. The average molecular weight is 301 g/mol. The number of hydrogen-bond donors (Lipinski definition) is 1. The van der Waals surface area contributed by atoms with Gasteiger partial charge in [-0.25, -0.2) is 4.39 Å². The van der Waals surface area contributed by atoms with E-state index < -0.39 is 0 Å². The van der Waals surface area contributed by atoms with Crippen LogP contribution in [-0.4, -0.2) is 46.8 Å². The van der Waals surface area contributed by atoms with Gasteiger partial charge in [-0.15, -0.1) is 0 Å². The first kappa shape index (κ1) is 18.0. The summed E-state index contributed by atoms with van der Waals surface area (Å²) in [6, 6.07) is 4.54. The Kier molecular flexibility index (Phi) is 9.94. The standard InChI is InChI=1S/C15H24FNO4/c1-18-4-5-19-6-7-20-8-9-21-12-13-2-3-15(16)10-14(13)11-17/h2-3,10H,4-9,11-12,17H2,1H3. The molecular weight excluding hydrogens is 277 g/mol. The fourth-order valence-corrected chi connectivity index (χ4v) is 1.69. The molecule has 0 atom stereocenters. The van der Waals surface area contributed by atoms with Crippen molar-refractivity contribution in [3.63, 3.8) is 0 Å². The minimum absolute atomic E-state index is 0.281. The quantitative estimate of drug-likeness (QED) is 0.593. The highest BCUT2D eigenvalue weighted by atomic mass is 19.1. The lowest BCUT2D eigenvalue weighted by molar-refractivity contribution is 0.000785. The molecule has 6 heteroatoms. The van der Waals surface area contributed by atoms with E-state index in [0.29, 0.717) is 52.8 Å². The molecule has 5 nitrogen and oxygen atoms in total. The molecule has 0 aliphatic heterocycles. The number of halogens is 1. The average Bonchev–Trinajstić information content (AvgIpc) is 2.50. The number of benzene rings is 1. The third-order valence-corrected chi connectivity index (χ3v) is 2.82. The third kappa shape index (κ3) is 8.08. The molecule has 1 aromatic carbocycles. The summed E-state index contributed by atoms with van der Waals surface area (Å²) in [6.07, 6.45) is 0. The van der Waals surface area contributed by atoms with Crippen molar-refractivity contribution in [2.24, 2.45) is 5.73 Å². The Labute approximate surface area is 125 Å². The van der Waals surface area contributed by atoms with E-state index in [0.717, 1.165) is 11.1 Å². The molecule has 0 radical (unpaired) electrons. The van der Waals surface area contributed by atoms with Gasteiger partial charge in [-0.3, -0.25) is 0 Å². The van der Waals surface area contributed by atoms with Crippen molar-refractivity contribution in [1.29, 1.82) is 0 Å². The molecule has 0 bridgehead atoms. The molecule has 0 fully saturated rings. The predicted molar refractivity (Wildman–Crippen MR) is 77.5 cm³/mol. The Morgan fingerprint density at radius 1 is 0.905 bits per heavy atom. The van der Waals surface area contributed by atoms with Gasteiger partial charge in [0.1, 0.15) is 5.82 Å². The smallest absolute Gasteiger partial charge is 0.123 e. The number of hydrogen-bond acceptors (Lipinski definition) is 5. The van der Waals surface area contributed by atoms with Gasteiger partial charge in [0.15, 0.2) is 0 Å². The summed E-state index contributed by atoms with van der Waals surface area (Å²) >= 11 is 0. The molecule has 0 aliphatic carbocycles. The van der Waals surface area contributed by atoms with Crippen LogP contribution in [0.3, 0.4) is 0 Å². The summed E-state index contributed by atoms with van der Waals surface area (Å²) in [6.45, 7) is 3.89. The predicted octanol–water partition coefficient (Wildman–Crippen LogP) is 1.48. The van der Waals surface area contributed by atoms with Crippen molar-refractivity contribution in [2.75, 3.05) is 46.8 Å². The second-order valence-electron chi connectivity index (χ2n) is 4.39. The van der Waals surface area contributed by atoms with Crippen molar-refractivity contribution < 1.29 is 23.3 Å². The van der Waals surface area contributed by atoms with Gasteiger partial charge in [0.2, 0.25) is 0 Å². The van der Waals surface area contributed by atoms with Gasteiger partial charge in [-0.1, -0.05) is 6.07 Å². The first-order chi connectivity index (χ1) is 10.3. The Balaban J connectivity index is 2.04. The summed E-state index contributed by atoms with van der Waals surface area (Å²) in [4.78, 5) is 0. The van der Waals surface area contributed by atoms with Crippen LogP contribution in [-0.2, 0) is 32.1 Å². The minimum Gasteiger partial charge on any atom is -0.382 e. The molecule has 0 heterocycles. The van der Waals surface area contributed by atoms with Crippen molar-refractivity contribution >= 4 is 0 Å². The molecule has 0 saturated carbocycles. The Morgan fingerprint density at radius 2 is 1.52 bits per heavy atom. The second-order valence-corrected chi connectivity index (χ2v) is 4.39. The van der Waals surface area contributed by atoms with E-state index in [1.54, 1.807) is 13.2 Å². The van der Waals surface area contributed by atoms with Crippen LogP contribution in [0.2, 0.25) is 0 Å². The molecule has 0 amide bonds. The third-order valence-electron chi connectivity index (χ3n) is 2.82. The van der Waals surface area contributed by atoms with Crippen molar-refractivity contribution in [1.82, 2.24) is 0 Å². The molecule has 0 saturated heterocycles. The zero-order valence-corrected chi connectivity index (χ0v) is 12.5. The Bertz CT molecular complexity index is 390. The van der Waals surface area contributed by atoms with Gasteiger partial charge in [0, 0.05) is 13.7 Å². The molecule has 2 N–H and O–H groups in total. The second kappa shape index (κ2) is 11.6. The monoisotopic (exact) mass is 301 g/mol. The molecule has 0 spiro atoms. The minimum atomic E-state index is -0.281. The largest absolute Gasteiger partial charge is 0.382 e. The first-order valence-electron chi connectivity index (χ1n) is 6.97. The normalized spacial score (nSPS) is 11.0. The summed E-state index contributed by atoms with van der Waals surface area (Å²) in [5.41, 5.74) is 7.24. The van der Waals surface area contributed by atoms with Crippen LogP contribution in [0.5, 0.6) is 0 Å². The fourth-order valence-electron chi connectivity index (χ4n) is 1.69. The lowest BCUT2D eigenvalue weighted by Gasteiger charge is -2.09. The highest BCUT2D eigenvalue weighted by Gasteiger charge is 2.03. The summed E-state index contributed by atoms with van der Waals surface area (Å²) in [7, 11) is 1.63. The van der Waals surface area contributed by atoms with Crippen LogP contribution in [0.25, 0.3) is 0 Å². The van der Waals surface area contributed by atoms with Crippen molar-refractivity contribution in [2.45, 2.75) is 13.2 Å². The van der Waals surface area contributed by atoms with Crippen molar-refractivity contribution in [3.05, 3.63) is 35.1 Å². The van der Waals surface area contributed by atoms with Crippen LogP contribution in [0, 0.1) is 5.82 Å². The number of ether oxygens (including phenoxy) is 4. The maximum absolute atomic E-state index is 13.0. The van der Waals surface area contributed by atoms with E-state index in [1.807, 2.05) is 0 Å². The molecule has 21 heavy (non-hydrogen) atoms. The van der Waals surface area contributed by atoms with E-state index in [1.165, 1.54) is 12.1 Å².